The van der Waals surface area contributed by atoms with Crippen molar-refractivity contribution in [3.63, 3.8) is 0 Å². The average molecular weight is 413 g/mol. The molecule has 150 valence electrons. The van der Waals surface area contributed by atoms with Gasteiger partial charge >= 0.3 is 11.7 Å². The summed E-state index contributed by atoms with van der Waals surface area (Å²) in [6.07, 6.45) is 1.88. The maximum Gasteiger partial charge on any atom is 0.329 e. The third-order valence-electron chi connectivity index (χ3n) is 4.51. The number of para-hydroxylation sites is 1. The number of aryl methyl sites for hydroxylation is 3. The van der Waals surface area contributed by atoms with Gasteiger partial charge in [0, 0.05) is 19.9 Å². The molecule has 0 aliphatic rings. The number of hydrogen-bond acceptors (Lipinski definition) is 7. The van der Waals surface area contributed by atoms with E-state index in [0.29, 0.717) is 25.3 Å². The number of nitrogens with zero attached hydrogens (tertiary/aromatic N) is 3. The fourth-order valence-corrected chi connectivity index (χ4v) is 4.01. The Hall–Kier alpha value is -3.27. The zero-order chi connectivity index (χ0) is 20.4. The number of carbonyl (C=O) groups excluding carboxylic acids is 1. The van der Waals surface area contributed by atoms with Gasteiger partial charge in [0.2, 0.25) is 0 Å². The van der Waals surface area contributed by atoms with Gasteiger partial charge in [0.25, 0.3) is 5.56 Å². The molecule has 2 N–H and O–H groups in total. The van der Waals surface area contributed by atoms with Crippen LogP contribution in [-0.2, 0) is 29.4 Å². The van der Waals surface area contributed by atoms with Crippen LogP contribution in [0.15, 0.2) is 33.9 Å². The van der Waals surface area contributed by atoms with Gasteiger partial charge in [-0.2, -0.15) is 0 Å². The van der Waals surface area contributed by atoms with Crippen molar-refractivity contribution in [1.82, 2.24) is 24.5 Å². The largest absolute Gasteiger partial charge is 0.466 e. The van der Waals surface area contributed by atoms with Crippen LogP contribution in [0.1, 0.15) is 23.7 Å². The van der Waals surface area contributed by atoms with Crippen molar-refractivity contribution in [2.45, 2.75) is 25.7 Å². The van der Waals surface area contributed by atoms with Crippen molar-refractivity contribution in [3.8, 4) is 0 Å². The van der Waals surface area contributed by atoms with E-state index >= 15 is 0 Å². The smallest absolute Gasteiger partial charge is 0.329 e. The van der Waals surface area contributed by atoms with Crippen LogP contribution in [0.5, 0.6) is 0 Å². The van der Waals surface area contributed by atoms with Gasteiger partial charge in [-0.15, -0.1) is 11.3 Å². The maximum absolute atomic E-state index is 12.0. The van der Waals surface area contributed by atoms with Crippen molar-refractivity contribution in [2.75, 3.05) is 6.61 Å². The van der Waals surface area contributed by atoms with Crippen molar-refractivity contribution < 1.29 is 9.53 Å². The first-order valence-corrected chi connectivity index (χ1v) is 10.0. The van der Waals surface area contributed by atoms with Gasteiger partial charge in [0.05, 0.1) is 28.3 Å². The molecule has 3 heterocycles. The molecule has 0 fully saturated rings. The number of rotatable bonds is 7. The Bertz CT molecular complexity index is 1270. The number of imidazole rings is 1. The third kappa shape index (κ3) is 4.11. The van der Waals surface area contributed by atoms with Crippen LogP contribution >= 0.6 is 11.3 Å². The predicted octanol–water partition coefficient (Wildman–Crippen LogP) is 1.67. The lowest BCUT2D eigenvalue weighted by molar-refractivity contribution is -0.143. The number of aromatic amines is 2. The van der Waals surface area contributed by atoms with Crippen molar-refractivity contribution in [3.05, 3.63) is 55.9 Å². The summed E-state index contributed by atoms with van der Waals surface area (Å²) in [7, 11) is 1.52. The standard InChI is InChI=1S/C19H19N5O4S/c1-24-17-16(18(26)23-19(24)27)21-13(22-17)8-9-15(25)28-10-4-7-14-20-11-5-2-3-6-12(11)29-14/h2-3,5-6H,4,7-10H2,1H3,(H,21,22)(H,23,26,27). The van der Waals surface area contributed by atoms with Crippen LogP contribution in [0, 0.1) is 0 Å². The van der Waals surface area contributed by atoms with Gasteiger partial charge in [-0.1, -0.05) is 12.1 Å². The number of fused-ring (bicyclic) bond motifs is 2. The van der Waals surface area contributed by atoms with Crippen LogP contribution in [0.3, 0.4) is 0 Å². The summed E-state index contributed by atoms with van der Waals surface area (Å²) in [6, 6.07) is 7.98. The number of carbonyl (C=O) groups is 1. The fraction of sp³-hybridized carbons (Fsp3) is 0.316. The first-order valence-electron chi connectivity index (χ1n) is 9.19. The molecular weight excluding hydrogens is 394 g/mol. The Morgan fingerprint density at radius 1 is 1.17 bits per heavy atom. The van der Waals surface area contributed by atoms with Gasteiger partial charge in [-0.05, 0) is 18.6 Å². The molecule has 0 unspecified atom stereocenters. The number of thiazole rings is 1. The van der Waals surface area contributed by atoms with E-state index in [1.54, 1.807) is 11.3 Å². The summed E-state index contributed by atoms with van der Waals surface area (Å²) in [5.74, 6) is 0.121. The molecule has 0 aliphatic heterocycles. The first-order chi connectivity index (χ1) is 14.0. The number of H-pyrrole nitrogens is 2. The highest BCUT2D eigenvalue weighted by molar-refractivity contribution is 7.18. The van der Waals surface area contributed by atoms with E-state index in [-0.39, 0.29) is 23.6 Å². The minimum Gasteiger partial charge on any atom is -0.466 e. The quantitative estimate of drug-likeness (QED) is 0.351. The highest BCUT2D eigenvalue weighted by atomic mass is 32.1. The van der Waals surface area contributed by atoms with Crippen LogP contribution in [0.25, 0.3) is 21.4 Å². The van der Waals surface area contributed by atoms with Crippen molar-refractivity contribution in [1.29, 1.82) is 0 Å². The van der Waals surface area contributed by atoms with E-state index in [4.69, 9.17) is 4.74 Å². The molecule has 0 spiro atoms. The SMILES string of the molecule is Cn1c(=O)[nH]c(=O)c2[nH]c(CCC(=O)OCCCc3nc4ccccc4s3)nc21. The minimum absolute atomic E-state index is 0.132. The van der Waals surface area contributed by atoms with Crippen LogP contribution in [0.2, 0.25) is 0 Å². The molecule has 10 heteroatoms. The maximum atomic E-state index is 12.0. The second-order valence-corrected chi connectivity index (χ2v) is 7.71. The molecule has 0 aliphatic carbocycles. The molecule has 0 saturated heterocycles. The van der Waals surface area contributed by atoms with Gasteiger partial charge in [0.15, 0.2) is 5.65 Å². The number of nitrogens with one attached hydrogen (secondary N) is 2. The van der Waals surface area contributed by atoms with Crippen LogP contribution < -0.4 is 11.2 Å². The molecule has 29 heavy (non-hydrogen) atoms. The Morgan fingerprint density at radius 2 is 2.00 bits per heavy atom. The Kier molecular flexibility index (Phi) is 5.26. The first kappa shape index (κ1) is 19.1. The zero-order valence-electron chi connectivity index (χ0n) is 15.7. The summed E-state index contributed by atoms with van der Waals surface area (Å²) in [6.45, 7) is 0.322. The number of ether oxygens (including phenoxy) is 1. The second kappa shape index (κ2) is 8.00. The Balaban J connectivity index is 1.26. The average Bonchev–Trinajstić information content (AvgIpc) is 3.32. The molecule has 9 nitrogen and oxygen atoms in total. The molecule has 3 aromatic heterocycles. The summed E-state index contributed by atoms with van der Waals surface area (Å²) in [4.78, 5) is 49.2. The highest BCUT2D eigenvalue weighted by Crippen LogP contribution is 2.22. The third-order valence-corrected chi connectivity index (χ3v) is 5.60. The highest BCUT2D eigenvalue weighted by Gasteiger charge is 2.12. The Morgan fingerprint density at radius 3 is 2.83 bits per heavy atom. The lowest BCUT2D eigenvalue weighted by atomic mass is 10.3. The number of hydrogen-bond donors (Lipinski definition) is 2. The normalized spacial score (nSPS) is 11.3. The number of benzene rings is 1. The molecule has 0 radical (unpaired) electrons. The van der Waals surface area contributed by atoms with E-state index in [1.165, 1.54) is 11.6 Å². The fourth-order valence-electron chi connectivity index (χ4n) is 3.00. The minimum atomic E-state index is -0.534. The lowest BCUT2D eigenvalue weighted by Gasteiger charge is -2.03. The molecule has 1 aromatic carbocycles. The monoisotopic (exact) mass is 413 g/mol. The molecule has 4 rings (SSSR count). The summed E-state index contributed by atoms with van der Waals surface area (Å²) in [5.41, 5.74) is 0.406. The van der Waals surface area contributed by atoms with Crippen LogP contribution in [-0.4, -0.2) is 37.1 Å². The van der Waals surface area contributed by atoms with Gasteiger partial charge in [-0.25, -0.2) is 14.8 Å². The lowest BCUT2D eigenvalue weighted by Crippen LogP contribution is -2.28. The molecule has 0 amide bonds. The van der Waals surface area contributed by atoms with E-state index < -0.39 is 11.2 Å². The van der Waals surface area contributed by atoms with E-state index in [2.05, 4.69) is 19.9 Å². The zero-order valence-corrected chi connectivity index (χ0v) is 16.5. The van der Waals surface area contributed by atoms with Gasteiger partial charge in [0.1, 0.15) is 11.3 Å². The van der Waals surface area contributed by atoms with Crippen LogP contribution in [0.4, 0.5) is 0 Å². The van der Waals surface area contributed by atoms with E-state index in [0.717, 1.165) is 21.6 Å². The van der Waals surface area contributed by atoms with Crippen molar-refractivity contribution in [2.24, 2.45) is 7.05 Å². The summed E-state index contributed by atoms with van der Waals surface area (Å²) >= 11 is 1.65. The summed E-state index contributed by atoms with van der Waals surface area (Å²) in [5, 5.41) is 1.03. The van der Waals surface area contributed by atoms with Gasteiger partial charge < -0.3 is 9.72 Å². The Labute approximate surface area is 168 Å². The molecule has 0 saturated carbocycles. The molecule has 0 bridgehead atoms. The molecule has 0 atom stereocenters. The van der Waals surface area contributed by atoms with Crippen molar-refractivity contribution >= 4 is 38.7 Å². The number of esters is 1. The molecular formula is C19H19N5O4S. The number of aromatic nitrogens is 5. The summed E-state index contributed by atoms with van der Waals surface area (Å²) < 4.78 is 7.67. The van der Waals surface area contributed by atoms with E-state index in [9.17, 15) is 14.4 Å². The second-order valence-electron chi connectivity index (χ2n) is 6.60. The van der Waals surface area contributed by atoms with E-state index in [1.807, 2.05) is 24.3 Å². The topological polar surface area (TPSA) is 123 Å². The van der Waals surface area contributed by atoms with Gasteiger partial charge in [-0.3, -0.25) is 19.1 Å². The molecule has 4 aromatic rings. The predicted molar refractivity (Wildman–Crippen MR) is 109 cm³/mol.